The van der Waals surface area contributed by atoms with Gasteiger partial charge in [-0.15, -0.1) is 0 Å². The van der Waals surface area contributed by atoms with E-state index in [1.165, 1.54) is 25.7 Å². The summed E-state index contributed by atoms with van der Waals surface area (Å²) in [7, 11) is 5.23. The minimum atomic E-state index is 0.233. The lowest BCUT2D eigenvalue weighted by atomic mass is 10.0. The van der Waals surface area contributed by atoms with E-state index < -0.39 is 0 Å². The van der Waals surface area contributed by atoms with Crippen molar-refractivity contribution in [3.8, 4) is 11.8 Å². The summed E-state index contributed by atoms with van der Waals surface area (Å²) in [6.07, 6.45) is 7.14. The number of nitrogens with one attached hydrogen (secondary N) is 1. The van der Waals surface area contributed by atoms with Gasteiger partial charge < -0.3 is 14.8 Å². The molecule has 2 aliphatic carbocycles. The number of ether oxygens (including phenoxy) is 2. The molecule has 2 saturated carbocycles. The third kappa shape index (κ3) is 2.24. The van der Waals surface area contributed by atoms with Crippen molar-refractivity contribution in [2.75, 3.05) is 21.3 Å². The Hall–Kier alpha value is -1.36. The van der Waals surface area contributed by atoms with Crippen LogP contribution in [0.4, 0.5) is 0 Å². The highest BCUT2D eigenvalue weighted by molar-refractivity contribution is 5.28. The largest absolute Gasteiger partial charge is 0.480 e. The minimum Gasteiger partial charge on any atom is -0.480 e. The lowest BCUT2D eigenvalue weighted by Gasteiger charge is -2.18. The maximum atomic E-state index is 5.41. The molecule has 0 amide bonds. The Morgan fingerprint density at radius 1 is 1.20 bits per heavy atom. The number of fused-ring (bicyclic) bond motifs is 1. The maximum Gasteiger partial charge on any atom is 0.240 e. The van der Waals surface area contributed by atoms with Crippen LogP contribution in [0.15, 0.2) is 6.20 Å². The molecule has 3 rings (SSSR count). The summed E-state index contributed by atoms with van der Waals surface area (Å²) in [5.41, 5.74) is 0.912. The van der Waals surface area contributed by atoms with Gasteiger partial charge in [0, 0.05) is 0 Å². The van der Waals surface area contributed by atoms with E-state index in [1.54, 1.807) is 20.4 Å². The first-order valence-electron chi connectivity index (χ1n) is 7.42. The van der Waals surface area contributed by atoms with Gasteiger partial charge in [-0.25, -0.2) is 4.98 Å². The zero-order chi connectivity index (χ0) is 14.1. The van der Waals surface area contributed by atoms with Gasteiger partial charge in [-0.1, -0.05) is 12.8 Å². The first-order chi connectivity index (χ1) is 9.80. The third-order valence-electron chi connectivity index (χ3n) is 4.86. The Bertz CT molecular complexity index is 468. The van der Waals surface area contributed by atoms with Gasteiger partial charge in [-0.3, -0.25) is 0 Å². The van der Waals surface area contributed by atoms with Crippen molar-refractivity contribution in [3.05, 3.63) is 11.9 Å². The summed E-state index contributed by atoms with van der Waals surface area (Å²) in [6, 6.07) is 0.233. The van der Waals surface area contributed by atoms with Crippen molar-refractivity contribution in [1.82, 2.24) is 15.3 Å². The second-order valence-corrected chi connectivity index (χ2v) is 5.76. The van der Waals surface area contributed by atoms with E-state index in [1.807, 2.05) is 7.05 Å². The fraction of sp³-hybridized carbons (Fsp3) is 0.733. The summed E-state index contributed by atoms with van der Waals surface area (Å²) < 4.78 is 10.5. The quantitative estimate of drug-likeness (QED) is 0.894. The Morgan fingerprint density at radius 3 is 2.45 bits per heavy atom. The van der Waals surface area contributed by atoms with E-state index in [0.717, 1.165) is 17.5 Å². The molecule has 0 bridgehead atoms. The van der Waals surface area contributed by atoms with Crippen LogP contribution in [0.5, 0.6) is 11.8 Å². The standard InChI is InChI=1S/C15H23N3O2/c1-16-13(12-9-6-4-5-7-10(9)12)14-15(20-3)18-11(19-2)8-17-14/h8-10,12-13,16H,4-7H2,1-3H3. The average molecular weight is 277 g/mol. The Balaban J connectivity index is 1.86. The summed E-state index contributed by atoms with van der Waals surface area (Å²) >= 11 is 0. The van der Waals surface area contributed by atoms with Crippen molar-refractivity contribution in [1.29, 1.82) is 0 Å². The van der Waals surface area contributed by atoms with Crippen molar-refractivity contribution in [3.63, 3.8) is 0 Å². The molecule has 2 aliphatic rings. The first-order valence-corrected chi connectivity index (χ1v) is 7.42. The first kappa shape index (κ1) is 13.6. The maximum absolute atomic E-state index is 5.41. The minimum absolute atomic E-state index is 0.233. The molecule has 3 unspecified atom stereocenters. The highest BCUT2D eigenvalue weighted by Crippen LogP contribution is 2.60. The molecule has 0 saturated heterocycles. The fourth-order valence-electron chi connectivity index (χ4n) is 3.88. The van der Waals surface area contributed by atoms with Gasteiger partial charge in [0.05, 0.1) is 26.5 Å². The highest BCUT2D eigenvalue weighted by Gasteiger charge is 2.55. The van der Waals surface area contributed by atoms with Gasteiger partial charge in [0.25, 0.3) is 0 Å². The molecule has 0 aromatic carbocycles. The van der Waals surface area contributed by atoms with Gasteiger partial charge in [-0.05, 0) is 37.6 Å². The zero-order valence-corrected chi connectivity index (χ0v) is 12.4. The van der Waals surface area contributed by atoms with Crippen molar-refractivity contribution in [2.24, 2.45) is 17.8 Å². The summed E-state index contributed by atoms with van der Waals surface area (Å²) in [4.78, 5) is 8.89. The number of hydrogen-bond donors (Lipinski definition) is 1. The molecular formula is C15H23N3O2. The number of nitrogens with zero attached hydrogens (tertiary/aromatic N) is 2. The molecule has 5 nitrogen and oxygen atoms in total. The average Bonchev–Trinajstić information content (AvgIpc) is 3.23. The van der Waals surface area contributed by atoms with Crippen LogP contribution >= 0.6 is 0 Å². The van der Waals surface area contributed by atoms with E-state index >= 15 is 0 Å². The summed E-state index contributed by atoms with van der Waals surface area (Å²) in [5, 5.41) is 3.43. The predicted molar refractivity (Wildman–Crippen MR) is 75.9 cm³/mol. The van der Waals surface area contributed by atoms with Gasteiger partial charge in [-0.2, -0.15) is 4.98 Å². The second-order valence-electron chi connectivity index (χ2n) is 5.76. The Kier molecular flexibility index (Phi) is 3.78. The molecule has 0 radical (unpaired) electrons. The van der Waals surface area contributed by atoms with Crippen molar-refractivity contribution >= 4 is 0 Å². The van der Waals surface area contributed by atoms with Crippen molar-refractivity contribution in [2.45, 2.75) is 31.7 Å². The van der Waals surface area contributed by atoms with Crippen LogP contribution in [0.25, 0.3) is 0 Å². The molecule has 2 fully saturated rings. The molecule has 0 aliphatic heterocycles. The zero-order valence-electron chi connectivity index (χ0n) is 12.4. The topological polar surface area (TPSA) is 56.3 Å². The van der Waals surface area contributed by atoms with Crippen LogP contribution in [-0.4, -0.2) is 31.2 Å². The van der Waals surface area contributed by atoms with Gasteiger partial charge in [0.2, 0.25) is 11.8 Å². The number of aromatic nitrogens is 2. The monoisotopic (exact) mass is 277 g/mol. The molecule has 1 heterocycles. The van der Waals surface area contributed by atoms with Crippen molar-refractivity contribution < 1.29 is 9.47 Å². The van der Waals surface area contributed by atoms with E-state index in [0.29, 0.717) is 17.7 Å². The fourth-order valence-corrected chi connectivity index (χ4v) is 3.88. The third-order valence-corrected chi connectivity index (χ3v) is 4.86. The van der Waals surface area contributed by atoms with E-state index in [-0.39, 0.29) is 6.04 Å². The number of rotatable bonds is 5. The van der Waals surface area contributed by atoms with Crippen LogP contribution in [0.2, 0.25) is 0 Å². The molecule has 3 atom stereocenters. The van der Waals surface area contributed by atoms with E-state index in [9.17, 15) is 0 Å². The lowest BCUT2D eigenvalue weighted by molar-refractivity contribution is 0.344. The molecule has 1 N–H and O–H groups in total. The van der Waals surface area contributed by atoms with Gasteiger partial charge >= 0.3 is 0 Å². The number of methoxy groups -OCH3 is 2. The molecule has 0 spiro atoms. The smallest absolute Gasteiger partial charge is 0.240 e. The van der Waals surface area contributed by atoms with Crippen LogP contribution in [0.1, 0.15) is 37.4 Å². The summed E-state index contributed by atoms with van der Waals surface area (Å²) in [6.45, 7) is 0. The molecule has 20 heavy (non-hydrogen) atoms. The molecule has 5 heteroatoms. The van der Waals surface area contributed by atoms with E-state index in [2.05, 4.69) is 15.3 Å². The SMILES string of the molecule is CNC(c1ncc(OC)nc1OC)C1C2CCCCC21. The lowest BCUT2D eigenvalue weighted by Crippen LogP contribution is -2.22. The van der Waals surface area contributed by atoms with Crippen LogP contribution in [0.3, 0.4) is 0 Å². The van der Waals surface area contributed by atoms with Crippen LogP contribution in [-0.2, 0) is 0 Å². The molecule has 1 aromatic rings. The highest BCUT2D eigenvalue weighted by atomic mass is 16.5. The van der Waals surface area contributed by atoms with Gasteiger partial charge in [0.1, 0.15) is 5.69 Å². The van der Waals surface area contributed by atoms with E-state index in [4.69, 9.17) is 9.47 Å². The number of hydrogen-bond acceptors (Lipinski definition) is 5. The van der Waals surface area contributed by atoms with Crippen LogP contribution < -0.4 is 14.8 Å². The summed E-state index contributed by atoms with van der Waals surface area (Å²) in [5.74, 6) is 3.46. The van der Waals surface area contributed by atoms with Gasteiger partial charge in [0.15, 0.2) is 0 Å². The Labute approximate surface area is 120 Å². The Morgan fingerprint density at radius 2 is 1.90 bits per heavy atom. The van der Waals surface area contributed by atoms with Crippen LogP contribution in [0, 0.1) is 17.8 Å². The normalized spacial score (nSPS) is 29.4. The predicted octanol–water partition coefficient (Wildman–Crippen LogP) is 2.19. The molecule has 110 valence electrons. The molecule has 1 aromatic heterocycles. The second kappa shape index (κ2) is 5.56. The molecular weight excluding hydrogens is 254 g/mol.